The molecule has 0 fully saturated rings. The Morgan fingerprint density at radius 1 is 1.15 bits per heavy atom. The fourth-order valence-electron chi connectivity index (χ4n) is 4.15. The van der Waals surface area contributed by atoms with Gasteiger partial charge in [-0.05, 0) is 85.2 Å². The molecule has 0 saturated heterocycles. The van der Waals surface area contributed by atoms with Crippen molar-refractivity contribution in [2.24, 2.45) is 0 Å². The molecule has 2 aromatic heterocycles. The molecule has 172 valence electrons. The highest BCUT2D eigenvalue weighted by Gasteiger charge is 2.25. The molecule has 1 aliphatic carbocycles. The molecule has 6 nitrogen and oxygen atoms in total. The molecule has 0 saturated carbocycles. The SMILES string of the molecule is CCCSc1ncccc1C(=O)Nc1ccc(-c2onc3c2CCc2cc(OC)ccc2-3)cc1. The number of anilines is 1. The number of hydrogen-bond donors (Lipinski definition) is 1. The number of pyridine rings is 1. The van der Waals surface area contributed by atoms with Gasteiger partial charge in [-0.3, -0.25) is 4.79 Å². The molecule has 0 aliphatic heterocycles. The lowest BCUT2D eigenvalue weighted by molar-refractivity contribution is 0.102. The Hall–Kier alpha value is -3.58. The summed E-state index contributed by atoms with van der Waals surface area (Å²) in [6.45, 7) is 2.11. The van der Waals surface area contributed by atoms with E-state index in [1.807, 2.05) is 42.5 Å². The van der Waals surface area contributed by atoms with Crippen molar-refractivity contribution in [2.75, 3.05) is 18.2 Å². The normalized spacial score (nSPS) is 12.1. The van der Waals surface area contributed by atoms with Crippen molar-refractivity contribution in [1.82, 2.24) is 10.1 Å². The quantitative estimate of drug-likeness (QED) is 0.320. The highest BCUT2D eigenvalue weighted by molar-refractivity contribution is 7.99. The lowest BCUT2D eigenvalue weighted by Gasteiger charge is -2.16. The number of hydrogen-bond acceptors (Lipinski definition) is 6. The number of nitrogens with zero attached hydrogens (tertiary/aromatic N) is 2. The van der Waals surface area contributed by atoms with E-state index in [2.05, 4.69) is 28.4 Å². The fourth-order valence-corrected chi connectivity index (χ4v) is 5.00. The van der Waals surface area contributed by atoms with Crippen LogP contribution in [0.15, 0.2) is 70.3 Å². The number of rotatable bonds is 7. The molecule has 1 N–H and O–H groups in total. The molecule has 0 unspecified atom stereocenters. The summed E-state index contributed by atoms with van der Waals surface area (Å²) in [6, 6.07) is 17.3. The monoisotopic (exact) mass is 471 g/mol. The minimum absolute atomic E-state index is 0.163. The van der Waals surface area contributed by atoms with E-state index in [4.69, 9.17) is 9.26 Å². The zero-order chi connectivity index (χ0) is 23.5. The van der Waals surface area contributed by atoms with Crippen molar-refractivity contribution in [3.63, 3.8) is 0 Å². The number of fused-ring (bicyclic) bond motifs is 3. The second kappa shape index (κ2) is 9.73. The summed E-state index contributed by atoms with van der Waals surface area (Å²) < 4.78 is 11.1. The van der Waals surface area contributed by atoms with Crippen LogP contribution in [0.5, 0.6) is 5.75 Å². The smallest absolute Gasteiger partial charge is 0.258 e. The Morgan fingerprint density at radius 2 is 2.00 bits per heavy atom. The third-order valence-electron chi connectivity index (χ3n) is 5.86. The second-order valence-electron chi connectivity index (χ2n) is 8.10. The van der Waals surface area contributed by atoms with Crippen LogP contribution in [-0.2, 0) is 12.8 Å². The number of carbonyl (C=O) groups is 1. The number of nitrogens with one attached hydrogen (secondary N) is 1. The average Bonchev–Trinajstić information content (AvgIpc) is 3.32. The Kier molecular flexibility index (Phi) is 6.36. The maximum Gasteiger partial charge on any atom is 0.258 e. The van der Waals surface area contributed by atoms with Crippen LogP contribution >= 0.6 is 11.8 Å². The molecule has 34 heavy (non-hydrogen) atoms. The minimum Gasteiger partial charge on any atom is -0.497 e. The summed E-state index contributed by atoms with van der Waals surface area (Å²) in [5, 5.41) is 8.12. The van der Waals surface area contributed by atoms with Crippen LogP contribution in [-0.4, -0.2) is 28.9 Å². The van der Waals surface area contributed by atoms with Gasteiger partial charge in [0.25, 0.3) is 5.91 Å². The first-order valence-electron chi connectivity index (χ1n) is 11.3. The molecule has 5 rings (SSSR count). The van der Waals surface area contributed by atoms with Gasteiger partial charge in [0, 0.05) is 28.6 Å². The van der Waals surface area contributed by atoms with Gasteiger partial charge in [-0.25, -0.2) is 4.98 Å². The Bertz CT molecular complexity index is 1330. The van der Waals surface area contributed by atoms with Gasteiger partial charge in [-0.1, -0.05) is 12.1 Å². The summed E-state index contributed by atoms with van der Waals surface area (Å²) in [5.74, 6) is 2.39. The first-order chi connectivity index (χ1) is 16.7. The first kappa shape index (κ1) is 22.2. The molecule has 0 spiro atoms. The first-order valence-corrected chi connectivity index (χ1v) is 12.3. The molecular weight excluding hydrogens is 446 g/mol. The third kappa shape index (κ3) is 4.31. The van der Waals surface area contributed by atoms with Crippen LogP contribution in [0.3, 0.4) is 0 Å². The number of benzene rings is 2. The molecule has 7 heteroatoms. The van der Waals surface area contributed by atoms with Crippen LogP contribution in [0.4, 0.5) is 5.69 Å². The average molecular weight is 472 g/mol. The zero-order valence-electron chi connectivity index (χ0n) is 19.1. The number of carbonyl (C=O) groups excluding carboxylic acids is 1. The van der Waals surface area contributed by atoms with Crippen LogP contribution in [0.25, 0.3) is 22.6 Å². The maximum absolute atomic E-state index is 12.9. The summed E-state index contributed by atoms with van der Waals surface area (Å²) in [7, 11) is 1.68. The van der Waals surface area contributed by atoms with E-state index in [1.165, 1.54) is 5.56 Å². The van der Waals surface area contributed by atoms with Crippen molar-refractivity contribution in [3.8, 4) is 28.3 Å². The van der Waals surface area contributed by atoms with Crippen LogP contribution in [0.2, 0.25) is 0 Å². The lowest BCUT2D eigenvalue weighted by atomic mass is 9.88. The van der Waals surface area contributed by atoms with Gasteiger partial charge in [0.05, 0.1) is 12.7 Å². The number of methoxy groups -OCH3 is 1. The topological polar surface area (TPSA) is 77.3 Å². The molecule has 0 bridgehead atoms. The molecule has 1 amide bonds. The van der Waals surface area contributed by atoms with Crippen LogP contribution in [0.1, 0.15) is 34.8 Å². The van der Waals surface area contributed by atoms with Crippen molar-refractivity contribution < 1.29 is 14.1 Å². The van der Waals surface area contributed by atoms with Crippen molar-refractivity contribution in [1.29, 1.82) is 0 Å². The van der Waals surface area contributed by atoms with Gasteiger partial charge >= 0.3 is 0 Å². The summed E-state index contributed by atoms with van der Waals surface area (Å²) in [4.78, 5) is 17.2. The molecule has 2 heterocycles. The number of ether oxygens (including phenoxy) is 1. The molecule has 4 aromatic rings. The van der Waals surface area contributed by atoms with E-state index in [1.54, 1.807) is 31.1 Å². The van der Waals surface area contributed by atoms with Gasteiger partial charge in [-0.15, -0.1) is 11.8 Å². The molecular formula is C27H25N3O3S. The van der Waals surface area contributed by atoms with Gasteiger partial charge in [0.1, 0.15) is 16.5 Å². The van der Waals surface area contributed by atoms with E-state index in [9.17, 15) is 4.79 Å². The second-order valence-corrected chi connectivity index (χ2v) is 9.18. The number of aryl methyl sites for hydroxylation is 1. The van der Waals surface area contributed by atoms with Gasteiger partial charge in [-0.2, -0.15) is 0 Å². The van der Waals surface area contributed by atoms with Crippen molar-refractivity contribution >= 4 is 23.4 Å². The number of aromatic nitrogens is 2. The van der Waals surface area contributed by atoms with E-state index < -0.39 is 0 Å². The van der Waals surface area contributed by atoms with E-state index >= 15 is 0 Å². The predicted molar refractivity (Wildman–Crippen MR) is 135 cm³/mol. The van der Waals surface area contributed by atoms with Crippen molar-refractivity contribution in [3.05, 3.63) is 77.5 Å². The molecule has 2 aromatic carbocycles. The summed E-state index contributed by atoms with van der Waals surface area (Å²) in [6.07, 6.45) is 4.50. The van der Waals surface area contributed by atoms with Gasteiger partial charge in [0.15, 0.2) is 5.76 Å². The summed E-state index contributed by atoms with van der Waals surface area (Å²) in [5.41, 5.74) is 6.56. The number of thioether (sulfide) groups is 1. The molecule has 1 aliphatic rings. The van der Waals surface area contributed by atoms with E-state index in [-0.39, 0.29) is 5.91 Å². The van der Waals surface area contributed by atoms with Crippen molar-refractivity contribution in [2.45, 2.75) is 31.2 Å². The Morgan fingerprint density at radius 3 is 2.79 bits per heavy atom. The van der Waals surface area contributed by atoms with E-state index in [0.29, 0.717) is 5.56 Å². The predicted octanol–water partition coefficient (Wildman–Crippen LogP) is 6.27. The zero-order valence-corrected chi connectivity index (χ0v) is 19.9. The largest absolute Gasteiger partial charge is 0.497 e. The highest BCUT2D eigenvalue weighted by atomic mass is 32.2. The standard InChI is InChI=1S/C27H25N3O3S/c1-3-15-34-27-23(5-4-14-28-27)26(31)29-19-9-6-17(7-10-19)25-22-12-8-18-16-20(32-2)11-13-21(18)24(22)30-33-25/h4-7,9-11,13-14,16H,3,8,12,15H2,1-2H3,(H,29,31). The van der Waals surface area contributed by atoms with Gasteiger partial charge < -0.3 is 14.6 Å². The molecule has 0 atom stereocenters. The van der Waals surface area contributed by atoms with Crippen LogP contribution < -0.4 is 10.1 Å². The minimum atomic E-state index is -0.163. The maximum atomic E-state index is 12.9. The van der Waals surface area contributed by atoms with Gasteiger partial charge in [0.2, 0.25) is 0 Å². The Balaban J connectivity index is 1.35. The van der Waals surface area contributed by atoms with E-state index in [0.717, 1.165) is 69.6 Å². The summed E-state index contributed by atoms with van der Waals surface area (Å²) >= 11 is 1.60. The lowest BCUT2D eigenvalue weighted by Crippen LogP contribution is -2.13. The number of amides is 1. The fraction of sp³-hybridized carbons (Fsp3) is 0.222. The third-order valence-corrected chi connectivity index (χ3v) is 7.07. The highest BCUT2D eigenvalue weighted by Crippen LogP contribution is 2.39. The van der Waals surface area contributed by atoms with Crippen LogP contribution in [0, 0.1) is 0 Å². The Labute approximate surface area is 202 Å². The molecule has 0 radical (unpaired) electrons.